The van der Waals surface area contributed by atoms with Gasteiger partial charge in [-0.15, -0.1) is 0 Å². The number of carbonyl (C=O) groups is 4. The van der Waals surface area contributed by atoms with Crippen molar-refractivity contribution in [2.75, 3.05) is 37.1 Å². The van der Waals surface area contributed by atoms with Gasteiger partial charge in [-0.2, -0.15) is 57.0 Å². The number of nitrogens with zero attached hydrogens (tertiary/aromatic N) is 15. The molecule has 0 spiro atoms. The molecule has 0 aliphatic heterocycles. The van der Waals surface area contributed by atoms with E-state index >= 15 is 0 Å². The summed E-state index contributed by atoms with van der Waals surface area (Å²) in [6.45, 7) is 2.84. The number of benzene rings is 2. The lowest BCUT2D eigenvalue weighted by molar-refractivity contribution is -0.153. The van der Waals surface area contributed by atoms with Gasteiger partial charge < -0.3 is 49.1 Å². The summed E-state index contributed by atoms with van der Waals surface area (Å²) in [7, 11) is -16.8. The lowest BCUT2D eigenvalue weighted by atomic mass is 9.95. The lowest BCUT2D eigenvalue weighted by Crippen LogP contribution is -2.33. The second-order valence-corrected chi connectivity index (χ2v) is 40.1. The predicted molar refractivity (Wildman–Crippen MR) is 488 cm³/mol. The third kappa shape index (κ3) is 29.2. The van der Waals surface area contributed by atoms with Crippen LogP contribution in [0.5, 0.6) is 0 Å². The van der Waals surface area contributed by atoms with Crippen LogP contribution in [0.25, 0.3) is 0 Å². The first-order valence-electron chi connectivity index (χ1n) is 42.9. The highest BCUT2D eigenvalue weighted by atomic mass is 79.9. The van der Waals surface area contributed by atoms with Gasteiger partial charge in [-0.1, -0.05) is 44.8 Å². The van der Waals surface area contributed by atoms with Crippen molar-refractivity contribution >= 4 is 104 Å². The number of hydrogen-bond donors (Lipinski definition) is 10. The number of nitrogens with one attached hydrogen (secondary N) is 2. The van der Waals surface area contributed by atoms with Gasteiger partial charge in [0.2, 0.25) is 17.3 Å². The first-order chi connectivity index (χ1) is 67.0. The molecule has 0 bridgehead atoms. The van der Waals surface area contributed by atoms with Crippen LogP contribution in [0.15, 0.2) is 180 Å². The molecule has 15 atom stereocenters. The van der Waals surface area contributed by atoms with Crippen LogP contribution in [0.3, 0.4) is 0 Å². The monoisotopic (exact) mass is 2150 g/mol. The fourth-order valence-corrected chi connectivity index (χ4v) is 18.5. The summed E-state index contributed by atoms with van der Waals surface area (Å²) in [5.41, 5.74) is 5.08. The summed E-state index contributed by atoms with van der Waals surface area (Å²) >= 11 is 9.65. The van der Waals surface area contributed by atoms with E-state index in [1.165, 1.54) is 78.9 Å². The first kappa shape index (κ1) is 107. The number of alkyl halides is 6. The van der Waals surface area contributed by atoms with E-state index in [1.807, 2.05) is 25.1 Å². The Labute approximate surface area is 818 Å². The van der Waals surface area contributed by atoms with Crippen molar-refractivity contribution in [3.8, 4) is 0 Å². The Balaban J connectivity index is 0.000000159. The number of ketones is 4. The molecule has 10 heterocycles. The molecule has 0 unspecified atom stereocenters. The fraction of sp³-hybridized carbons (Fsp3) is 0.384. The summed E-state index contributed by atoms with van der Waals surface area (Å²) < 4.78 is 220. The molecule has 4 saturated carbocycles. The standard InChI is InChI=1S/C23H26FN5O5S.C22H22BrClFN5O5S.C21H21F4N5O6S.C20H23FN6O6S/c1-14-2-3-15(7-19(14)24)11-29-5-4-20(28-29)23(31)18-10-26-13-27-21(18)8-16-6-17(22(30)9-16)12-34-35(25,32)33;23-15-1-2-17(24)13(6-15)9-30-4-3-18(29-30)22(32)16-8-27-11-28-19(16)7-12-5-14(21(31)20(12)25)10-35-36(26,33)34;22-17-15(5-12(19(17)32)9-35-37(26,33)34)29-20-14(6-27-10-28-20)18(31)11-3-4-30(7-11)8-13-1-2-16(36-13)21(23,24)25;1-11-4-14(33-26-11)8-27-3-2-12(7-27)18(28)15-6-23-10-24-20(15)25-16-5-13(19(29)17(16)21)9-32-34(22,30)31/h2-5,7,10,13,16-17,22,30H,6,8-9,11-12H2,1H3,(H2,25,32,33);1-4,6,8,11-12,14,20-21,31H,5,7,9-10H2,(H2,26,33,34);1-4,6-7,10,12,15,17,19,32H,5,8-9H2,(H2,26,33,34)(H,27,28,29);2-4,6-7,10,13,16-17,19,29H,5,8-9H2,1H3,(H2,22,30,31)(H,23,24,25)/t16-,17+,22-;12-,14+,20+,21+;12-,15-,17-,19-;13-,16-,17-,19-/m0011/s1. The van der Waals surface area contributed by atoms with Gasteiger partial charge in [-0.3, -0.25) is 45.3 Å². The Morgan fingerprint density at radius 3 is 1.46 bits per heavy atom. The average Bonchev–Trinajstić information content (AvgIpc) is 1.66. The van der Waals surface area contributed by atoms with Crippen molar-refractivity contribution < 1.29 is 130 Å². The smallest absolute Gasteiger partial charge is 0.449 e. The highest BCUT2D eigenvalue weighted by Crippen LogP contribution is 2.40. The van der Waals surface area contributed by atoms with Crippen molar-refractivity contribution in [3.05, 3.63) is 277 Å². The van der Waals surface area contributed by atoms with Crippen LogP contribution < -0.4 is 31.2 Å². The van der Waals surface area contributed by atoms with E-state index in [-0.39, 0.29) is 113 Å². The molecule has 0 amide bonds. The zero-order chi connectivity index (χ0) is 103. The number of furan rings is 1. The highest BCUT2D eigenvalue weighted by Gasteiger charge is 2.48. The third-order valence-electron chi connectivity index (χ3n) is 23.5. The molecule has 760 valence electrons. The molecule has 2 aromatic carbocycles. The van der Waals surface area contributed by atoms with Gasteiger partial charge in [0, 0.05) is 112 Å². The van der Waals surface area contributed by atoms with Crippen LogP contribution in [-0.4, -0.2) is 232 Å². The number of hydrogen-bond acceptors (Lipinski definition) is 35. The van der Waals surface area contributed by atoms with E-state index in [4.69, 9.17) is 41.1 Å². The van der Waals surface area contributed by atoms with Crippen molar-refractivity contribution in [2.24, 2.45) is 56.1 Å². The second-order valence-electron chi connectivity index (χ2n) is 33.8. The van der Waals surface area contributed by atoms with Crippen LogP contribution in [0.2, 0.25) is 5.02 Å². The molecule has 142 heavy (non-hydrogen) atoms. The molecule has 4 aliphatic rings. The molecule has 16 rings (SSSR count). The fourth-order valence-electron chi connectivity index (χ4n) is 16.5. The van der Waals surface area contributed by atoms with Gasteiger partial charge in [0.1, 0.15) is 78.4 Å². The van der Waals surface area contributed by atoms with Gasteiger partial charge in [-0.05, 0) is 148 Å². The van der Waals surface area contributed by atoms with Crippen molar-refractivity contribution in [3.63, 3.8) is 0 Å². The quantitative estimate of drug-likeness (QED) is 0.0148. The molecule has 10 aromatic heterocycles. The SMILES string of the molecule is Cc1cc(Cn2ccc(C(=O)c3cncnc3N[C@@H]3C[C@H](COS(N)(=O)=O)[C@@H](O)[C@@H]3F)c2)on1.Cc1ccc(Cn2ccc(C(=O)c3cncnc3C[C@@H]3C[C@H](COS(N)(=O)=O)[C@@H](O)C3)n2)cc1F.NS(=O)(=O)OC[C@H]1C[C@@H](Cc2ncncc2C(=O)c2ccn(Cc3cc(Br)ccc3Cl)n2)[C@@H](F)[C@@H]1O.NS(=O)(=O)OC[C@H]1C[C@@H](Nc2ncncc2C(=O)c2ccn(Cc3ccc(C(F)(F)F)o3)c2)[C@@H](F)[C@@H]1O. The Hall–Kier alpha value is -11.9. The highest BCUT2D eigenvalue weighted by molar-refractivity contribution is 9.10. The van der Waals surface area contributed by atoms with E-state index in [9.17, 15) is 104 Å². The Morgan fingerprint density at radius 1 is 0.514 bits per heavy atom. The summed E-state index contributed by atoms with van der Waals surface area (Å²) in [6, 6.07) is 18.4. The number of aromatic nitrogens is 15. The van der Waals surface area contributed by atoms with Gasteiger partial charge >= 0.3 is 47.4 Å². The maximum atomic E-state index is 14.8. The zero-order valence-electron chi connectivity index (χ0n) is 74.5. The second kappa shape index (κ2) is 46.2. The number of rotatable bonds is 36. The van der Waals surface area contributed by atoms with E-state index in [1.54, 1.807) is 82.0 Å². The number of carbonyl (C=O) groups excluding carboxylic acids is 4. The van der Waals surface area contributed by atoms with Gasteiger partial charge in [0.25, 0.3) is 0 Å². The minimum absolute atomic E-state index is 0.0245. The number of halogens is 9. The van der Waals surface area contributed by atoms with Crippen molar-refractivity contribution in [1.82, 2.24) is 73.7 Å². The summed E-state index contributed by atoms with van der Waals surface area (Å²) in [5, 5.41) is 78.7. The largest absolute Gasteiger partial charge is 0.455 e. The Morgan fingerprint density at radius 2 is 0.979 bits per heavy atom. The summed E-state index contributed by atoms with van der Waals surface area (Å²) in [4.78, 5) is 84.8. The van der Waals surface area contributed by atoms with Gasteiger partial charge in [-0.25, -0.2) is 78.0 Å². The Bertz CT molecular complexity index is 6990. The van der Waals surface area contributed by atoms with E-state index < -0.39 is 169 Å². The van der Waals surface area contributed by atoms with E-state index in [2.05, 4.69) is 98.5 Å². The molecule has 14 N–H and O–H groups in total. The molecule has 56 heteroatoms. The van der Waals surface area contributed by atoms with Gasteiger partial charge in [0.05, 0.1) is 128 Å². The Kier molecular flexibility index (Phi) is 35.0. The lowest BCUT2D eigenvalue weighted by Gasteiger charge is -2.18. The molecular weight excluding hydrogens is 2060 g/mol. The number of aliphatic hydroxyl groups is 4. The van der Waals surface area contributed by atoms with Crippen molar-refractivity contribution in [1.29, 1.82) is 0 Å². The normalized spacial score (nSPS) is 21.9. The number of nitrogens with two attached hydrogens (primary N) is 4. The maximum absolute atomic E-state index is 14.8. The minimum Gasteiger partial charge on any atom is -0.455 e. The predicted octanol–water partition coefficient (Wildman–Crippen LogP) is 6.48. The molecule has 12 aromatic rings. The van der Waals surface area contributed by atoms with Gasteiger partial charge in [0.15, 0.2) is 17.3 Å². The number of anilines is 2. The molecule has 0 radical (unpaired) electrons. The van der Waals surface area contributed by atoms with Crippen LogP contribution >= 0.6 is 27.5 Å². The van der Waals surface area contributed by atoms with Crippen molar-refractivity contribution in [2.45, 2.75) is 146 Å². The minimum atomic E-state index is -4.62. The first-order valence-corrected chi connectivity index (χ1v) is 50.0. The molecule has 4 aliphatic carbocycles. The molecule has 4 fully saturated rings. The summed E-state index contributed by atoms with van der Waals surface area (Å²) in [5.74, 6) is -6.05. The summed E-state index contributed by atoms with van der Waals surface area (Å²) in [6.07, 6.45) is 6.13. The van der Waals surface area contributed by atoms with Crippen LogP contribution in [0.1, 0.15) is 147 Å². The number of aryl methyl sites for hydroxylation is 2. The topological polar surface area (TPSA) is 639 Å². The number of aliphatic hydroxyl groups excluding tert-OH is 4. The van der Waals surface area contributed by atoms with Crippen LogP contribution in [0, 0.1) is 55.2 Å². The van der Waals surface area contributed by atoms with E-state index in [0.717, 1.165) is 33.7 Å². The maximum Gasteiger partial charge on any atom is 0.449 e. The van der Waals surface area contributed by atoms with Crippen LogP contribution in [0.4, 0.5) is 42.4 Å². The molecule has 43 nitrogen and oxygen atoms in total. The van der Waals surface area contributed by atoms with E-state index in [0.29, 0.717) is 77.8 Å². The zero-order valence-corrected chi connectivity index (χ0v) is 80.2. The van der Waals surface area contributed by atoms with Crippen LogP contribution in [-0.2, 0) is 103 Å². The molecule has 0 saturated heterocycles. The average molecular weight is 2150 g/mol. The third-order valence-corrected chi connectivity index (χ3v) is 26.2. The molecular formula is C86H92BrClF7N21O22S4.